The molecule has 0 aliphatic heterocycles. The van der Waals surface area contributed by atoms with Crippen molar-refractivity contribution in [3.8, 4) is 0 Å². The molecule has 0 aliphatic rings. The summed E-state index contributed by atoms with van der Waals surface area (Å²) in [4.78, 5) is 16.0. The minimum atomic E-state index is -0.510. The van der Waals surface area contributed by atoms with Crippen LogP contribution in [0, 0.1) is 12.3 Å². The number of hydrogen-bond acceptors (Lipinski definition) is 3. The van der Waals surface area contributed by atoms with Crippen LogP contribution in [-0.2, 0) is 4.79 Å². The van der Waals surface area contributed by atoms with Crippen LogP contribution in [0.5, 0.6) is 0 Å². The highest BCUT2D eigenvalue weighted by Crippen LogP contribution is 2.21. The summed E-state index contributed by atoms with van der Waals surface area (Å²) in [5.74, 6) is -0.0510. The molecule has 1 amide bonds. The van der Waals surface area contributed by atoms with Gasteiger partial charge in [-0.1, -0.05) is 6.92 Å². The van der Waals surface area contributed by atoms with Crippen molar-refractivity contribution < 1.29 is 4.79 Å². The molecule has 4 nitrogen and oxygen atoms in total. The van der Waals surface area contributed by atoms with Gasteiger partial charge >= 0.3 is 0 Å². The Morgan fingerprint density at radius 2 is 2.25 bits per heavy atom. The largest absolute Gasteiger partial charge is 0.329 e. The second-order valence-electron chi connectivity index (χ2n) is 4.32. The van der Waals surface area contributed by atoms with E-state index in [1.807, 2.05) is 26.8 Å². The summed E-state index contributed by atoms with van der Waals surface area (Å²) in [6.45, 7) is 6.10. The molecule has 4 heteroatoms. The van der Waals surface area contributed by atoms with E-state index >= 15 is 0 Å². The quantitative estimate of drug-likeness (QED) is 0.813. The van der Waals surface area contributed by atoms with Crippen LogP contribution in [0.25, 0.3) is 0 Å². The smallest absolute Gasteiger partial charge is 0.231 e. The standard InChI is InChI=1S/C12H19N3O/c1-4-12(3,8-13)11(16)15-10-5-9(2)6-14-7-10/h5-7H,4,8,13H2,1-3H3,(H,15,16). The summed E-state index contributed by atoms with van der Waals surface area (Å²) >= 11 is 0. The lowest BCUT2D eigenvalue weighted by Gasteiger charge is -2.24. The Bertz CT molecular complexity index is 372. The fourth-order valence-corrected chi connectivity index (χ4v) is 1.30. The number of nitrogens with zero attached hydrogens (tertiary/aromatic N) is 1. The van der Waals surface area contributed by atoms with Gasteiger partial charge in [0.2, 0.25) is 5.91 Å². The molecule has 0 radical (unpaired) electrons. The molecule has 0 bridgehead atoms. The van der Waals surface area contributed by atoms with Gasteiger partial charge < -0.3 is 11.1 Å². The first-order valence-corrected chi connectivity index (χ1v) is 5.45. The van der Waals surface area contributed by atoms with E-state index in [1.54, 1.807) is 12.4 Å². The number of pyridine rings is 1. The molecule has 1 rings (SSSR count). The van der Waals surface area contributed by atoms with Crippen molar-refractivity contribution >= 4 is 11.6 Å². The van der Waals surface area contributed by atoms with Crippen molar-refractivity contribution in [1.29, 1.82) is 0 Å². The van der Waals surface area contributed by atoms with E-state index in [4.69, 9.17) is 5.73 Å². The van der Waals surface area contributed by atoms with Gasteiger partial charge in [0.15, 0.2) is 0 Å². The van der Waals surface area contributed by atoms with Crippen LogP contribution in [0.3, 0.4) is 0 Å². The van der Waals surface area contributed by atoms with E-state index in [0.29, 0.717) is 13.0 Å². The van der Waals surface area contributed by atoms with Crippen molar-refractivity contribution in [2.75, 3.05) is 11.9 Å². The van der Waals surface area contributed by atoms with E-state index in [-0.39, 0.29) is 5.91 Å². The number of nitrogens with two attached hydrogens (primary N) is 1. The van der Waals surface area contributed by atoms with E-state index < -0.39 is 5.41 Å². The average molecular weight is 221 g/mol. The zero-order valence-electron chi connectivity index (χ0n) is 10.1. The van der Waals surface area contributed by atoms with Crippen LogP contribution >= 0.6 is 0 Å². The van der Waals surface area contributed by atoms with Gasteiger partial charge in [0, 0.05) is 12.7 Å². The van der Waals surface area contributed by atoms with E-state index in [0.717, 1.165) is 11.3 Å². The molecular weight excluding hydrogens is 202 g/mol. The number of carbonyl (C=O) groups is 1. The number of carbonyl (C=O) groups excluding carboxylic acids is 1. The molecule has 1 heterocycles. The molecule has 3 N–H and O–H groups in total. The molecule has 0 aliphatic carbocycles. The summed E-state index contributed by atoms with van der Waals surface area (Å²) in [6.07, 6.45) is 4.10. The highest BCUT2D eigenvalue weighted by molar-refractivity contribution is 5.95. The maximum atomic E-state index is 12.0. The lowest BCUT2D eigenvalue weighted by molar-refractivity contribution is -0.124. The Labute approximate surface area is 96.3 Å². The van der Waals surface area contributed by atoms with Crippen LogP contribution in [0.4, 0.5) is 5.69 Å². The summed E-state index contributed by atoms with van der Waals surface area (Å²) < 4.78 is 0. The Morgan fingerprint density at radius 3 is 2.75 bits per heavy atom. The van der Waals surface area contributed by atoms with Crippen LogP contribution in [0.2, 0.25) is 0 Å². The van der Waals surface area contributed by atoms with Crippen LogP contribution in [0.15, 0.2) is 18.5 Å². The molecule has 0 saturated carbocycles. The highest BCUT2D eigenvalue weighted by atomic mass is 16.2. The minimum Gasteiger partial charge on any atom is -0.329 e. The number of aromatic nitrogens is 1. The van der Waals surface area contributed by atoms with Crippen molar-refractivity contribution in [2.45, 2.75) is 27.2 Å². The van der Waals surface area contributed by atoms with E-state index in [2.05, 4.69) is 10.3 Å². The number of amides is 1. The van der Waals surface area contributed by atoms with E-state index in [1.165, 1.54) is 0 Å². The maximum absolute atomic E-state index is 12.0. The molecule has 1 aromatic rings. The van der Waals surface area contributed by atoms with Crippen molar-refractivity contribution in [3.05, 3.63) is 24.0 Å². The van der Waals surface area contributed by atoms with Gasteiger partial charge in [0.25, 0.3) is 0 Å². The molecule has 1 atom stereocenters. The summed E-state index contributed by atoms with van der Waals surface area (Å²) in [5.41, 5.74) is 6.85. The van der Waals surface area contributed by atoms with Gasteiger partial charge in [-0.2, -0.15) is 0 Å². The van der Waals surface area contributed by atoms with Gasteiger partial charge in [-0.15, -0.1) is 0 Å². The van der Waals surface area contributed by atoms with Gasteiger partial charge in [0.1, 0.15) is 0 Å². The lowest BCUT2D eigenvalue weighted by atomic mass is 9.86. The third kappa shape index (κ3) is 2.79. The van der Waals surface area contributed by atoms with Crippen LogP contribution in [0.1, 0.15) is 25.8 Å². The van der Waals surface area contributed by atoms with Crippen LogP contribution in [-0.4, -0.2) is 17.4 Å². The molecule has 1 aromatic heterocycles. The molecule has 16 heavy (non-hydrogen) atoms. The molecule has 0 fully saturated rings. The first kappa shape index (κ1) is 12.6. The Balaban J connectivity index is 2.78. The first-order chi connectivity index (χ1) is 7.51. The van der Waals surface area contributed by atoms with Crippen molar-refractivity contribution in [2.24, 2.45) is 11.1 Å². The third-order valence-electron chi connectivity index (χ3n) is 2.91. The Hall–Kier alpha value is -1.42. The Morgan fingerprint density at radius 1 is 1.56 bits per heavy atom. The summed E-state index contributed by atoms with van der Waals surface area (Å²) in [6, 6.07) is 1.89. The fourth-order valence-electron chi connectivity index (χ4n) is 1.30. The topological polar surface area (TPSA) is 68.0 Å². The van der Waals surface area contributed by atoms with Gasteiger partial charge in [-0.05, 0) is 31.9 Å². The predicted octanol–water partition coefficient (Wildman–Crippen LogP) is 1.70. The van der Waals surface area contributed by atoms with E-state index in [9.17, 15) is 4.79 Å². The molecule has 88 valence electrons. The minimum absolute atomic E-state index is 0.0510. The first-order valence-electron chi connectivity index (χ1n) is 5.45. The third-order valence-corrected chi connectivity index (χ3v) is 2.91. The number of hydrogen-bond donors (Lipinski definition) is 2. The van der Waals surface area contributed by atoms with Gasteiger partial charge in [0.05, 0.1) is 17.3 Å². The van der Waals surface area contributed by atoms with Crippen molar-refractivity contribution in [1.82, 2.24) is 4.98 Å². The molecule has 0 saturated heterocycles. The lowest BCUT2D eigenvalue weighted by Crippen LogP contribution is -2.39. The second-order valence-corrected chi connectivity index (χ2v) is 4.32. The SMILES string of the molecule is CCC(C)(CN)C(=O)Nc1cncc(C)c1. The summed E-state index contributed by atoms with van der Waals surface area (Å²) in [7, 11) is 0. The number of aryl methyl sites for hydroxylation is 1. The number of rotatable bonds is 4. The highest BCUT2D eigenvalue weighted by Gasteiger charge is 2.29. The second kappa shape index (κ2) is 5.07. The molecule has 0 spiro atoms. The Kier molecular flexibility index (Phi) is 4.01. The molecule has 1 unspecified atom stereocenters. The summed E-state index contributed by atoms with van der Waals surface area (Å²) in [5, 5.41) is 2.84. The average Bonchev–Trinajstić information content (AvgIpc) is 2.28. The van der Waals surface area contributed by atoms with Gasteiger partial charge in [-0.3, -0.25) is 9.78 Å². The fraction of sp³-hybridized carbons (Fsp3) is 0.500. The zero-order valence-corrected chi connectivity index (χ0v) is 10.1. The van der Waals surface area contributed by atoms with Crippen LogP contribution < -0.4 is 11.1 Å². The molecule has 0 aromatic carbocycles. The monoisotopic (exact) mass is 221 g/mol. The zero-order chi connectivity index (χ0) is 12.2. The number of anilines is 1. The predicted molar refractivity (Wildman–Crippen MR) is 65.1 cm³/mol. The molecular formula is C12H19N3O. The number of nitrogens with one attached hydrogen (secondary N) is 1. The normalized spacial score (nSPS) is 14.2. The van der Waals surface area contributed by atoms with Gasteiger partial charge in [-0.25, -0.2) is 0 Å². The maximum Gasteiger partial charge on any atom is 0.231 e. The van der Waals surface area contributed by atoms with Crippen molar-refractivity contribution in [3.63, 3.8) is 0 Å².